The van der Waals surface area contributed by atoms with E-state index < -0.39 is 6.03 Å². The van der Waals surface area contributed by atoms with E-state index in [4.69, 9.17) is 9.47 Å². The number of urea groups is 1. The number of benzene rings is 1. The first kappa shape index (κ1) is 16.8. The highest BCUT2D eigenvalue weighted by Gasteiger charge is 2.15. The Morgan fingerprint density at radius 1 is 1.04 bits per heavy atom. The van der Waals surface area contributed by atoms with Crippen LogP contribution in [0.15, 0.2) is 30.6 Å². The van der Waals surface area contributed by atoms with E-state index in [-0.39, 0.29) is 6.79 Å². The third-order valence-corrected chi connectivity index (χ3v) is 4.24. The lowest BCUT2D eigenvalue weighted by Crippen LogP contribution is -2.19. The number of imidazole rings is 1. The van der Waals surface area contributed by atoms with Gasteiger partial charge in [0.1, 0.15) is 5.82 Å². The maximum atomic E-state index is 12.2. The van der Waals surface area contributed by atoms with Crippen molar-refractivity contribution < 1.29 is 14.3 Å². The van der Waals surface area contributed by atoms with Gasteiger partial charge in [0.15, 0.2) is 11.5 Å². The van der Waals surface area contributed by atoms with E-state index >= 15 is 0 Å². The Morgan fingerprint density at radius 3 is 2.44 bits per heavy atom. The molecule has 1 aromatic carbocycles. The van der Waals surface area contributed by atoms with Gasteiger partial charge in [0.05, 0.1) is 23.8 Å². The van der Waals surface area contributed by atoms with E-state index in [9.17, 15) is 4.79 Å². The Balaban J connectivity index is 1.44. The Morgan fingerprint density at radius 2 is 1.74 bits per heavy atom. The van der Waals surface area contributed by atoms with Crippen LogP contribution in [0.2, 0.25) is 0 Å². The van der Waals surface area contributed by atoms with Crippen LogP contribution in [0.5, 0.6) is 11.5 Å². The molecule has 2 N–H and O–H groups in total. The first-order valence-corrected chi connectivity index (χ1v) is 8.34. The number of nitrogens with zero attached hydrogens (tertiary/aromatic N) is 4. The number of amides is 2. The van der Waals surface area contributed by atoms with Gasteiger partial charge in [-0.2, -0.15) is 0 Å². The summed E-state index contributed by atoms with van der Waals surface area (Å²) < 4.78 is 12.4. The van der Waals surface area contributed by atoms with Crippen LogP contribution in [-0.4, -0.2) is 32.3 Å². The van der Waals surface area contributed by atoms with Crippen LogP contribution >= 0.6 is 0 Å². The lowest BCUT2D eigenvalue weighted by molar-refractivity contribution is 0.174. The summed E-state index contributed by atoms with van der Waals surface area (Å²) in [4.78, 5) is 25.2. The van der Waals surface area contributed by atoms with Crippen molar-refractivity contribution in [1.29, 1.82) is 0 Å². The summed E-state index contributed by atoms with van der Waals surface area (Å²) >= 11 is 0. The normalized spacial score (nSPS) is 12.1. The molecular formula is C18H18N6O3. The number of aryl methyl sites for hydroxylation is 2. The van der Waals surface area contributed by atoms with Crippen molar-refractivity contribution in [3.63, 3.8) is 0 Å². The molecule has 27 heavy (non-hydrogen) atoms. The highest BCUT2D eigenvalue weighted by atomic mass is 16.7. The standard InChI is InChI=1S/C18H18N6O3/c1-10-11(2)24(12(3)21-10)17-19-7-14(8-20-17)23-18(25)22-13-4-5-15-16(6-13)27-9-26-15/h4-8H,9H2,1-3H3,(H2,22,23,25). The maximum absolute atomic E-state index is 12.2. The minimum atomic E-state index is -0.406. The average Bonchev–Trinajstić information content (AvgIpc) is 3.20. The first-order valence-electron chi connectivity index (χ1n) is 8.34. The second-order valence-electron chi connectivity index (χ2n) is 6.08. The minimum Gasteiger partial charge on any atom is -0.454 e. The zero-order chi connectivity index (χ0) is 19.0. The summed E-state index contributed by atoms with van der Waals surface area (Å²) in [5, 5.41) is 5.43. The van der Waals surface area contributed by atoms with Gasteiger partial charge >= 0.3 is 6.03 Å². The summed E-state index contributed by atoms with van der Waals surface area (Å²) in [6.45, 7) is 5.98. The molecule has 0 fully saturated rings. The fourth-order valence-corrected chi connectivity index (χ4v) is 2.84. The molecule has 0 saturated heterocycles. The number of carbonyl (C=O) groups excluding carboxylic acids is 1. The summed E-state index contributed by atoms with van der Waals surface area (Å²) in [5.41, 5.74) is 2.98. The molecule has 0 spiro atoms. The van der Waals surface area contributed by atoms with Crippen molar-refractivity contribution in [2.45, 2.75) is 20.8 Å². The molecule has 0 saturated carbocycles. The second-order valence-corrected chi connectivity index (χ2v) is 6.08. The third kappa shape index (κ3) is 3.26. The van der Waals surface area contributed by atoms with E-state index in [1.54, 1.807) is 30.6 Å². The monoisotopic (exact) mass is 366 g/mol. The number of hydrogen-bond acceptors (Lipinski definition) is 6. The Hall–Kier alpha value is -3.62. The van der Waals surface area contributed by atoms with Crippen LogP contribution in [0.1, 0.15) is 17.2 Å². The summed E-state index contributed by atoms with van der Waals surface area (Å²) in [6.07, 6.45) is 3.10. The number of anilines is 2. The quantitative estimate of drug-likeness (QED) is 0.739. The number of hydrogen-bond donors (Lipinski definition) is 2. The number of nitrogens with one attached hydrogen (secondary N) is 2. The van der Waals surface area contributed by atoms with E-state index in [1.165, 1.54) is 0 Å². The van der Waals surface area contributed by atoms with E-state index in [0.717, 1.165) is 17.2 Å². The molecular weight excluding hydrogens is 348 g/mol. The van der Waals surface area contributed by atoms with Crippen LogP contribution in [0.25, 0.3) is 5.95 Å². The Bertz CT molecular complexity index is 1010. The van der Waals surface area contributed by atoms with Gasteiger partial charge in [-0.1, -0.05) is 0 Å². The molecule has 9 heteroatoms. The Kier molecular flexibility index (Phi) is 4.11. The molecule has 0 bridgehead atoms. The van der Waals surface area contributed by atoms with Crippen LogP contribution < -0.4 is 20.1 Å². The number of rotatable bonds is 3. The van der Waals surface area contributed by atoms with Gasteiger partial charge < -0.3 is 20.1 Å². The molecule has 9 nitrogen and oxygen atoms in total. The molecule has 3 aromatic rings. The van der Waals surface area contributed by atoms with Crippen LogP contribution in [0.3, 0.4) is 0 Å². The molecule has 2 aromatic heterocycles. The second kappa shape index (κ2) is 6.60. The molecule has 2 amide bonds. The zero-order valence-corrected chi connectivity index (χ0v) is 15.1. The van der Waals surface area contributed by atoms with E-state index in [2.05, 4.69) is 25.6 Å². The van der Waals surface area contributed by atoms with Gasteiger partial charge in [-0.3, -0.25) is 4.57 Å². The average molecular weight is 366 g/mol. The predicted octanol–water partition coefficient (Wildman–Crippen LogP) is 2.96. The fourth-order valence-electron chi connectivity index (χ4n) is 2.84. The van der Waals surface area contributed by atoms with Gasteiger partial charge in [0.2, 0.25) is 12.7 Å². The lowest BCUT2D eigenvalue weighted by atomic mass is 10.3. The van der Waals surface area contributed by atoms with Crippen LogP contribution in [0.4, 0.5) is 16.2 Å². The molecule has 0 unspecified atom stereocenters. The van der Waals surface area contributed by atoms with Crippen molar-refractivity contribution in [2.24, 2.45) is 0 Å². The smallest absolute Gasteiger partial charge is 0.323 e. The summed E-state index contributed by atoms with van der Waals surface area (Å²) in [5.74, 6) is 2.57. The zero-order valence-electron chi connectivity index (χ0n) is 15.1. The third-order valence-electron chi connectivity index (χ3n) is 4.24. The highest BCUT2D eigenvalue weighted by Crippen LogP contribution is 2.34. The van der Waals surface area contributed by atoms with E-state index in [1.807, 2.05) is 25.3 Å². The number of ether oxygens (including phenoxy) is 2. The largest absolute Gasteiger partial charge is 0.454 e. The highest BCUT2D eigenvalue weighted by molar-refractivity contribution is 5.99. The van der Waals surface area contributed by atoms with Crippen molar-refractivity contribution >= 4 is 17.4 Å². The van der Waals surface area contributed by atoms with Crippen molar-refractivity contribution in [3.05, 3.63) is 47.8 Å². The molecule has 138 valence electrons. The van der Waals surface area contributed by atoms with Crippen molar-refractivity contribution in [1.82, 2.24) is 19.5 Å². The van der Waals surface area contributed by atoms with Crippen molar-refractivity contribution in [3.8, 4) is 17.4 Å². The predicted molar refractivity (Wildman–Crippen MR) is 98.6 cm³/mol. The van der Waals surface area contributed by atoms with Gasteiger partial charge in [0, 0.05) is 17.4 Å². The van der Waals surface area contributed by atoms with E-state index in [0.29, 0.717) is 28.8 Å². The number of fused-ring (bicyclic) bond motifs is 1. The SMILES string of the molecule is Cc1nc(C)n(-c2ncc(NC(=O)Nc3ccc4c(c3)OCO4)cn2)c1C. The van der Waals surface area contributed by atoms with Gasteiger partial charge in [-0.05, 0) is 32.9 Å². The number of carbonyl (C=O) groups is 1. The minimum absolute atomic E-state index is 0.185. The molecule has 0 atom stereocenters. The molecule has 3 heterocycles. The fraction of sp³-hybridized carbons (Fsp3) is 0.222. The number of aromatic nitrogens is 4. The summed E-state index contributed by atoms with van der Waals surface area (Å²) in [6, 6.07) is 4.78. The maximum Gasteiger partial charge on any atom is 0.323 e. The summed E-state index contributed by atoms with van der Waals surface area (Å²) in [7, 11) is 0. The topological polar surface area (TPSA) is 103 Å². The lowest BCUT2D eigenvalue weighted by Gasteiger charge is -2.09. The van der Waals surface area contributed by atoms with Gasteiger partial charge in [0.25, 0.3) is 0 Å². The molecule has 1 aliphatic rings. The van der Waals surface area contributed by atoms with Crippen LogP contribution in [-0.2, 0) is 0 Å². The van der Waals surface area contributed by atoms with Gasteiger partial charge in [-0.25, -0.2) is 19.7 Å². The molecule has 0 aliphatic carbocycles. The first-order chi connectivity index (χ1) is 13.0. The molecule has 1 aliphatic heterocycles. The molecule has 4 rings (SSSR count). The van der Waals surface area contributed by atoms with Gasteiger partial charge in [-0.15, -0.1) is 0 Å². The molecule has 0 radical (unpaired) electrons. The van der Waals surface area contributed by atoms with Crippen LogP contribution in [0, 0.1) is 20.8 Å². The van der Waals surface area contributed by atoms with Crippen molar-refractivity contribution in [2.75, 3.05) is 17.4 Å². The Labute approximate surface area is 155 Å².